The molecular formula is C14H18N4O3. The maximum atomic E-state index is 12.2. The summed E-state index contributed by atoms with van der Waals surface area (Å²) >= 11 is 0. The minimum Gasteiger partial charge on any atom is -0.323 e. The highest BCUT2D eigenvalue weighted by Crippen LogP contribution is 2.25. The van der Waals surface area contributed by atoms with E-state index in [0.29, 0.717) is 17.6 Å². The van der Waals surface area contributed by atoms with Crippen molar-refractivity contribution in [2.75, 3.05) is 25.0 Å². The van der Waals surface area contributed by atoms with Gasteiger partial charge in [-0.15, -0.1) is 0 Å². The number of nitro groups is 1. The fourth-order valence-electron chi connectivity index (χ4n) is 3.08. The number of hydrogen-bond acceptors (Lipinski definition) is 4. The second-order valence-electron chi connectivity index (χ2n) is 5.60. The molecule has 3 rings (SSSR count). The molecule has 0 radical (unpaired) electrons. The van der Waals surface area contributed by atoms with Crippen LogP contribution in [0.4, 0.5) is 16.2 Å². The molecule has 7 heteroatoms. The molecule has 2 heterocycles. The van der Waals surface area contributed by atoms with E-state index in [1.54, 1.807) is 12.1 Å². The summed E-state index contributed by atoms with van der Waals surface area (Å²) in [5.74, 6) is 0.543. The molecule has 0 bridgehead atoms. The Balaban J connectivity index is 1.60. The zero-order valence-electron chi connectivity index (χ0n) is 11.6. The van der Waals surface area contributed by atoms with Gasteiger partial charge in [0.2, 0.25) is 0 Å². The first-order valence-corrected chi connectivity index (χ1v) is 7.17. The number of benzene rings is 1. The topological polar surface area (TPSA) is 87.5 Å². The fourth-order valence-corrected chi connectivity index (χ4v) is 3.08. The van der Waals surface area contributed by atoms with E-state index >= 15 is 0 Å². The van der Waals surface area contributed by atoms with Crippen molar-refractivity contribution in [3.63, 3.8) is 0 Å². The van der Waals surface area contributed by atoms with Crippen molar-refractivity contribution in [2.24, 2.45) is 5.92 Å². The quantitative estimate of drug-likeness (QED) is 0.642. The Hall–Kier alpha value is -2.15. The number of carbonyl (C=O) groups excluding carboxylic acids is 1. The second-order valence-corrected chi connectivity index (χ2v) is 5.60. The summed E-state index contributed by atoms with van der Waals surface area (Å²) < 4.78 is 0. The Morgan fingerprint density at radius 1 is 1.33 bits per heavy atom. The predicted molar refractivity (Wildman–Crippen MR) is 78.2 cm³/mol. The van der Waals surface area contributed by atoms with Gasteiger partial charge in [0.05, 0.1) is 4.92 Å². The fraction of sp³-hybridized carbons (Fsp3) is 0.500. The number of hydrogen-bond donors (Lipinski definition) is 2. The van der Waals surface area contributed by atoms with E-state index in [2.05, 4.69) is 10.6 Å². The Labute approximate surface area is 122 Å². The third-order valence-corrected chi connectivity index (χ3v) is 4.22. The molecule has 0 aromatic heterocycles. The average molecular weight is 290 g/mol. The summed E-state index contributed by atoms with van der Waals surface area (Å²) in [5, 5.41) is 16.8. The molecule has 0 unspecified atom stereocenters. The third-order valence-electron chi connectivity index (χ3n) is 4.22. The van der Waals surface area contributed by atoms with E-state index in [0.717, 1.165) is 19.6 Å². The number of piperidine rings is 1. The molecule has 1 aromatic rings. The molecule has 0 saturated carbocycles. The SMILES string of the molecule is O=C(Nc1ccc([N+](=O)[O-])cc1)N1C[C@@H]2CCCN[C@@H]2C1. The molecule has 0 aliphatic carbocycles. The van der Waals surface area contributed by atoms with Gasteiger partial charge in [0, 0.05) is 37.0 Å². The molecule has 112 valence electrons. The maximum absolute atomic E-state index is 12.2. The van der Waals surface area contributed by atoms with Crippen molar-refractivity contribution in [2.45, 2.75) is 18.9 Å². The summed E-state index contributed by atoms with van der Waals surface area (Å²) in [4.78, 5) is 24.2. The number of likely N-dealkylation sites (tertiary alicyclic amines) is 1. The van der Waals surface area contributed by atoms with Gasteiger partial charge in [-0.05, 0) is 37.4 Å². The van der Waals surface area contributed by atoms with Gasteiger partial charge in [-0.2, -0.15) is 0 Å². The molecule has 7 nitrogen and oxygen atoms in total. The van der Waals surface area contributed by atoms with Crippen LogP contribution in [0.15, 0.2) is 24.3 Å². The molecule has 0 spiro atoms. The van der Waals surface area contributed by atoms with Crippen LogP contribution in [0.3, 0.4) is 0 Å². The van der Waals surface area contributed by atoms with Crippen molar-refractivity contribution in [3.05, 3.63) is 34.4 Å². The van der Waals surface area contributed by atoms with E-state index in [9.17, 15) is 14.9 Å². The van der Waals surface area contributed by atoms with Crippen molar-refractivity contribution in [1.29, 1.82) is 0 Å². The number of rotatable bonds is 2. The lowest BCUT2D eigenvalue weighted by molar-refractivity contribution is -0.384. The Morgan fingerprint density at radius 3 is 2.76 bits per heavy atom. The van der Waals surface area contributed by atoms with Crippen LogP contribution < -0.4 is 10.6 Å². The van der Waals surface area contributed by atoms with Crippen molar-refractivity contribution in [3.8, 4) is 0 Å². The number of nitrogens with zero attached hydrogens (tertiary/aromatic N) is 2. The number of nitro benzene ring substituents is 1. The normalized spacial score (nSPS) is 24.5. The van der Waals surface area contributed by atoms with Crippen LogP contribution in [-0.2, 0) is 0 Å². The summed E-state index contributed by atoms with van der Waals surface area (Å²) in [6.07, 6.45) is 2.33. The lowest BCUT2D eigenvalue weighted by Crippen LogP contribution is -2.41. The maximum Gasteiger partial charge on any atom is 0.321 e. The summed E-state index contributed by atoms with van der Waals surface area (Å²) in [6.45, 7) is 2.53. The number of fused-ring (bicyclic) bond motifs is 1. The minimum absolute atomic E-state index is 0.0180. The smallest absolute Gasteiger partial charge is 0.321 e. The van der Waals surface area contributed by atoms with E-state index < -0.39 is 4.92 Å². The zero-order chi connectivity index (χ0) is 14.8. The zero-order valence-corrected chi connectivity index (χ0v) is 11.6. The first kappa shape index (κ1) is 13.8. The number of nitrogens with one attached hydrogen (secondary N) is 2. The molecule has 1 aromatic carbocycles. The third kappa shape index (κ3) is 2.97. The van der Waals surface area contributed by atoms with Gasteiger partial charge in [0.1, 0.15) is 0 Å². The predicted octanol–water partition coefficient (Wildman–Crippen LogP) is 1.81. The van der Waals surface area contributed by atoms with Crippen molar-refractivity contribution < 1.29 is 9.72 Å². The van der Waals surface area contributed by atoms with Gasteiger partial charge >= 0.3 is 6.03 Å². The first-order valence-electron chi connectivity index (χ1n) is 7.17. The highest BCUT2D eigenvalue weighted by molar-refractivity contribution is 5.89. The largest absolute Gasteiger partial charge is 0.323 e. The van der Waals surface area contributed by atoms with Gasteiger partial charge in [0.15, 0.2) is 0 Å². The Bertz CT molecular complexity index is 532. The average Bonchev–Trinajstić information content (AvgIpc) is 2.92. The number of anilines is 1. The number of non-ortho nitro benzene ring substituents is 1. The minimum atomic E-state index is -0.456. The molecule has 2 atom stereocenters. The highest BCUT2D eigenvalue weighted by Gasteiger charge is 2.36. The van der Waals surface area contributed by atoms with E-state index in [-0.39, 0.29) is 11.7 Å². The second kappa shape index (κ2) is 5.69. The van der Waals surface area contributed by atoms with Crippen LogP contribution in [0.25, 0.3) is 0 Å². The van der Waals surface area contributed by atoms with Gasteiger partial charge in [-0.25, -0.2) is 4.79 Å². The monoisotopic (exact) mass is 290 g/mol. The van der Waals surface area contributed by atoms with Gasteiger partial charge in [-0.1, -0.05) is 0 Å². The van der Waals surface area contributed by atoms with Gasteiger partial charge in [0.25, 0.3) is 5.69 Å². The standard InChI is InChI=1S/C14H18N4O3/c19-14(16-11-3-5-12(6-4-11)18(20)21)17-8-10-2-1-7-15-13(10)9-17/h3-6,10,13,15H,1-2,7-9H2,(H,16,19)/t10-,13+/m0/s1. The van der Waals surface area contributed by atoms with Crippen molar-refractivity contribution in [1.82, 2.24) is 10.2 Å². The lowest BCUT2D eigenvalue weighted by atomic mass is 9.94. The first-order chi connectivity index (χ1) is 10.1. The van der Waals surface area contributed by atoms with Crippen LogP contribution in [0.2, 0.25) is 0 Å². The van der Waals surface area contributed by atoms with Crippen LogP contribution in [0.1, 0.15) is 12.8 Å². The summed E-state index contributed by atoms with van der Waals surface area (Å²) in [5.41, 5.74) is 0.595. The number of urea groups is 1. The van der Waals surface area contributed by atoms with Gasteiger partial charge < -0.3 is 15.5 Å². The molecular weight excluding hydrogens is 272 g/mol. The van der Waals surface area contributed by atoms with Crippen LogP contribution in [-0.4, -0.2) is 41.5 Å². The van der Waals surface area contributed by atoms with Crippen LogP contribution in [0, 0.1) is 16.0 Å². The summed E-state index contributed by atoms with van der Waals surface area (Å²) in [6, 6.07) is 6.15. The van der Waals surface area contributed by atoms with Crippen LogP contribution in [0.5, 0.6) is 0 Å². The van der Waals surface area contributed by atoms with E-state index in [1.807, 2.05) is 4.90 Å². The van der Waals surface area contributed by atoms with Crippen molar-refractivity contribution >= 4 is 17.4 Å². The molecule has 2 aliphatic rings. The van der Waals surface area contributed by atoms with Gasteiger partial charge in [-0.3, -0.25) is 10.1 Å². The lowest BCUT2D eigenvalue weighted by Gasteiger charge is -2.24. The molecule has 2 fully saturated rings. The van der Waals surface area contributed by atoms with E-state index in [1.165, 1.54) is 25.0 Å². The highest BCUT2D eigenvalue weighted by atomic mass is 16.6. The molecule has 2 aliphatic heterocycles. The number of amides is 2. The number of carbonyl (C=O) groups is 1. The Morgan fingerprint density at radius 2 is 2.10 bits per heavy atom. The molecule has 2 N–H and O–H groups in total. The molecule has 21 heavy (non-hydrogen) atoms. The summed E-state index contributed by atoms with van der Waals surface area (Å²) in [7, 11) is 0. The molecule has 2 saturated heterocycles. The molecule has 2 amide bonds. The van der Waals surface area contributed by atoms with Crippen LogP contribution >= 0.6 is 0 Å². The Kier molecular flexibility index (Phi) is 3.74. The van der Waals surface area contributed by atoms with E-state index in [4.69, 9.17) is 0 Å².